The number of esters is 1. The van der Waals surface area contributed by atoms with E-state index < -0.39 is 12.0 Å². The minimum atomic E-state index is -0.499. The van der Waals surface area contributed by atoms with Gasteiger partial charge in [-0.2, -0.15) is 0 Å². The molecule has 134 valence electrons. The molecule has 2 aliphatic heterocycles. The van der Waals surface area contributed by atoms with Crippen LogP contribution in [0.2, 0.25) is 0 Å². The van der Waals surface area contributed by atoms with Crippen molar-refractivity contribution in [3.05, 3.63) is 47.2 Å². The van der Waals surface area contributed by atoms with Crippen molar-refractivity contribution in [3.63, 3.8) is 0 Å². The predicted octanol–water partition coefficient (Wildman–Crippen LogP) is 2.20. The highest BCUT2D eigenvalue weighted by Crippen LogP contribution is 2.28. The lowest BCUT2D eigenvalue weighted by Crippen LogP contribution is -2.49. The minimum absolute atomic E-state index is 0.290. The summed E-state index contributed by atoms with van der Waals surface area (Å²) in [5.41, 5.74) is 1.98. The molecule has 1 unspecified atom stereocenters. The number of urea groups is 1. The highest BCUT2D eigenvalue weighted by Gasteiger charge is 2.34. The Hall–Kier alpha value is -2.34. The number of hydrogen-bond donors (Lipinski definition) is 2. The zero-order valence-corrected chi connectivity index (χ0v) is 14.7. The first kappa shape index (κ1) is 17.5. The number of likely N-dealkylation sites (tertiary alicyclic amines) is 1. The monoisotopic (exact) mass is 343 g/mol. The molecule has 2 aliphatic rings. The molecule has 1 aromatic carbocycles. The molecule has 0 radical (unpaired) electrons. The van der Waals surface area contributed by atoms with Crippen LogP contribution < -0.4 is 10.6 Å². The van der Waals surface area contributed by atoms with Gasteiger partial charge in [0.05, 0.1) is 18.7 Å². The molecule has 6 heteroatoms. The zero-order valence-electron chi connectivity index (χ0n) is 14.7. The second-order valence-electron chi connectivity index (χ2n) is 6.78. The Bertz CT molecular complexity index is 664. The highest BCUT2D eigenvalue weighted by molar-refractivity contribution is 5.95. The van der Waals surface area contributed by atoms with E-state index in [2.05, 4.69) is 22.5 Å². The lowest BCUT2D eigenvalue weighted by Gasteiger charge is -2.34. The quantitative estimate of drug-likeness (QED) is 0.822. The van der Waals surface area contributed by atoms with Crippen molar-refractivity contribution in [2.24, 2.45) is 5.92 Å². The number of ether oxygens (including phenoxy) is 1. The van der Waals surface area contributed by atoms with Crippen molar-refractivity contribution in [2.75, 3.05) is 26.7 Å². The standard InChI is InChI=1S/C19H25N3O3/c1-13-8-10-22(11-9-13)12-15-16(18(23)25-2)17(21-19(24)20-15)14-6-4-3-5-7-14/h3-7,13,17H,8-12H2,1-2H3,(H2,20,21,24). The normalized spacial score (nSPS) is 22.3. The van der Waals surface area contributed by atoms with E-state index in [1.54, 1.807) is 0 Å². The third-order valence-corrected chi connectivity index (χ3v) is 4.95. The molecule has 2 heterocycles. The van der Waals surface area contributed by atoms with Crippen molar-refractivity contribution < 1.29 is 14.3 Å². The topological polar surface area (TPSA) is 70.7 Å². The SMILES string of the molecule is COC(=O)C1=C(CN2CCC(C)CC2)NC(=O)NC1c1ccccc1. The van der Waals surface area contributed by atoms with Gasteiger partial charge in [0.2, 0.25) is 0 Å². The Morgan fingerprint density at radius 2 is 1.92 bits per heavy atom. The van der Waals surface area contributed by atoms with Crippen LogP contribution in [0.1, 0.15) is 31.4 Å². The van der Waals surface area contributed by atoms with Crippen molar-refractivity contribution in [1.82, 2.24) is 15.5 Å². The summed E-state index contributed by atoms with van der Waals surface area (Å²) in [7, 11) is 1.37. The van der Waals surface area contributed by atoms with Crippen LogP contribution in [0.5, 0.6) is 0 Å². The molecule has 0 saturated carbocycles. The van der Waals surface area contributed by atoms with Gasteiger partial charge in [-0.25, -0.2) is 9.59 Å². The van der Waals surface area contributed by atoms with Crippen LogP contribution in [0.3, 0.4) is 0 Å². The first-order valence-electron chi connectivity index (χ1n) is 8.74. The van der Waals surface area contributed by atoms with Gasteiger partial charge in [-0.1, -0.05) is 37.3 Å². The Balaban J connectivity index is 1.92. The molecule has 1 saturated heterocycles. The number of hydrogen-bond acceptors (Lipinski definition) is 4. The molecule has 1 atom stereocenters. The second kappa shape index (κ2) is 7.70. The number of nitrogens with zero attached hydrogens (tertiary/aromatic N) is 1. The summed E-state index contributed by atoms with van der Waals surface area (Å²) in [6.07, 6.45) is 2.27. The van der Waals surface area contributed by atoms with Gasteiger partial charge in [-0.15, -0.1) is 0 Å². The number of piperidine rings is 1. The largest absolute Gasteiger partial charge is 0.466 e. The van der Waals surface area contributed by atoms with Crippen LogP contribution in [0, 0.1) is 5.92 Å². The summed E-state index contributed by atoms with van der Waals surface area (Å²) < 4.78 is 5.01. The highest BCUT2D eigenvalue weighted by atomic mass is 16.5. The van der Waals surface area contributed by atoms with Crippen molar-refractivity contribution in [1.29, 1.82) is 0 Å². The maximum Gasteiger partial charge on any atom is 0.338 e. The van der Waals surface area contributed by atoms with E-state index in [0.29, 0.717) is 17.8 Å². The van der Waals surface area contributed by atoms with E-state index in [9.17, 15) is 9.59 Å². The fourth-order valence-corrected chi connectivity index (χ4v) is 3.43. The Morgan fingerprint density at radius 3 is 2.56 bits per heavy atom. The molecule has 2 N–H and O–H groups in total. The predicted molar refractivity (Wildman–Crippen MR) is 94.7 cm³/mol. The van der Waals surface area contributed by atoms with E-state index in [4.69, 9.17) is 4.74 Å². The third-order valence-electron chi connectivity index (χ3n) is 4.95. The number of amides is 2. The van der Waals surface area contributed by atoms with Crippen LogP contribution >= 0.6 is 0 Å². The maximum atomic E-state index is 12.5. The van der Waals surface area contributed by atoms with Crippen molar-refractivity contribution in [2.45, 2.75) is 25.8 Å². The molecule has 1 fully saturated rings. The number of nitrogens with one attached hydrogen (secondary N) is 2. The van der Waals surface area contributed by atoms with E-state index in [-0.39, 0.29) is 6.03 Å². The lowest BCUT2D eigenvalue weighted by atomic mass is 9.94. The average Bonchev–Trinajstić information content (AvgIpc) is 2.63. The number of methoxy groups -OCH3 is 1. The van der Waals surface area contributed by atoms with Gasteiger partial charge in [0.15, 0.2) is 0 Å². The van der Waals surface area contributed by atoms with Crippen LogP contribution in [-0.4, -0.2) is 43.6 Å². The Labute approximate surface area is 148 Å². The molecule has 3 rings (SSSR count). The van der Waals surface area contributed by atoms with Crippen molar-refractivity contribution >= 4 is 12.0 Å². The molecule has 0 bridgehead atoms. The van der Waals surface area contributed by atoms with E-state index >= 15 is 0 Å². The van der Waals surface area contributed by atoms with E-state index in [1.165, 1.54) is 7.11 Å². The van der Waals surface area contributed by atoms with Gasteiger partial charge in [-0.05, 0) is 37.4 Å². The second-order valence-corrected chi connectivity index (χ2v) is 6.78. The third kappa shape index (κ3) is 4.02. The molecule has 0 aliphatic carbocycles. The van der Waals surface area contributed by atoms with Crippen molar-refractivity contribution in [3.8, 4) is 0 Å². The first-order chi connectivity index (χ1) is 12.1. The zero-order chi connectivity index (χ0) is 17.8. The van der Waals surface area contributed by atoms with Gasteiger partial charge >= 0.3 is 12.0 Å². The molecular weight excluding hydrogens is 318 g/mol. The molecule has 0 spiro atoms. The number of benzene rings is 1. The summed E-state index contributed by atoms with van der Waals surface area (Å²) in [5, 5.41) is 5.67. The molecule has 1 aromatic rings. The number of carbonyl (C=O) groups excluding carboxylic acids is 2. The number of rotatable bonds is 4. The van der Waals surface area contributed by atoms with Gasteiger partial charge in [0.25, 0.3) is 0 Å². The van der Waals surface area contributed by atoms with Crippen LogP contribution in [0.25, 0.3) is 0 Å². The Kier molecular flexibility index (Phi) is 5.38. The summed E-state index contributed by atoms with van der Waals surface area (Å²) in [6, 6.07) is 8.71. The summed E-state index contributed by atoms with van der Waals surface area (Å²) in [4.78, 5) is 26.9. The summed E-state index contributed by atoms with van der Waals surface area (Å²) in [5.74, 6) is 0.312. The van der Waals surface area contributed by atoms with E-state index in [0.717, 1.165) is 37.4 Å². The maximum absolute atomic E-state index is 12.5. The fourth-order valence-electron chi connectivity index (χ4n) is 3.43. The molecular formula is C19H25N3O3. The number of carbonyl (C=O) groups is 2. The first-order valence-corrected chi connectivity index (χ1v) is 8.74. The van der Waals surface area contributed by atoms with Gasteiger partial charge in [-0.3, -0.25) is 4.90 Å². The molecule has 25 heavy (non-hydrogen) atoms. The average molecular weight is 343 g/mol. The molecule has 2 amide bonds. The lowest BCUT2D eigenvalue weighted by molar-refractivity contribution is -0.136. The van der Waals surface area contributed by atoms with Crippen LogP contribution in [0.15, 0.2) is 41.6 Å². The van der Waals surface area contributed by atoms with E-state index in [1.807, 2.05) is 30.3 Å². The Morgan fingerprint density at radius 1 is 1.24 bits per heavy atom. The fraction of sp³-hybridized carbons (Fsp3) is 0.474. The molecule has 0 aromatic heterocycles. The smallest absolute Gasteiger partial charge is 0.338 e. The minimum Gasteiger partial charge on any atom is -0.466 e. The van der Waals surface area contributed by atoms with Gasteiger partial charge in [0.1, 0.15) is 0 Å². The van der Waals surface area contributed by atoms with Crippen LogP contribution in [0.4, 0.5) is 4.79 Å². The summed E-state index contributed by atoms with van der Waals surface area (Å²) >= 11 is 0. The molecule has 6 nitrogen and oxygen atoms in total. The van der Waals surface area contributed by atoms with Gasteiger partial charge in [0, 0.05) is 12.2 Å². The van der Waals surface area contributed by atoms with Crippen LogP contribution in [-0.2, 0) is 9.53 Å². The summed E-state index contributed by atoms with van der Waals surface area (Å²) in [6.45, 7) is 4.75. The van der Waals surface area contributed by atoms with Gasteiger partial charge < -0.3 is 15.4 Å².